The van der Waals surface area contributed by atoms with Gasteiger partial charge < -0.3 is 10.4 Å². The first kappa shape index (κ1) is 14.1. The van der Waals surface area contributed by atoms with Gasteiger partial charge in [-0.25, -0.2) is 4.98 Å². The Labute approximate surface area is 119 Å². The van der Waals surface area contributed by atoms with Gasteiger partial charge in [0.2, 0.25) is 0 Å². The number of carbonyl (C=O) groups excluding carboxylic acids is 1. The number of aromatic nitrogens is 2. The lowest BCUT2D eigenvalue weighted by molar-refractivity contribution is -0.136. The van der Waals surface area contributed by atoms with E-state index in [2.05, 4.69) is 15.3 Å². The number of nitrogens with one attached hydrogen (secondary N) is 1. The fraction of sp³-hybridized carbons (Fsp3) is 0.231. The molecule has 0 atom stereocenters. The Kier molecular flexibility index (Phi) is 4.41. The van der Waals surface area contributed by atoms with Crippen molar-refractivity contribution in [3.63, 3.8) is 0 Å². The Bertz CT molecular complexity index is 625. The zero-order valence-electron chi connectivity index (χ0n) is 10.8. The van der Waals surface area contributed by atoms with Crippen molar-refractivity contribution in [1.29, 1.82) is 0 Å². The third-order valence-corrected chi connectivity index (χ3v) is 3.69. The summed E-state index contributed by atoms with van der Waals surface area (Å²) in [5.41, 5.74) is 1.33. The van der Waals surface area contributed by atoms with E-state index < -0.39 is 5.97 Å². The Morgan fingerprint density at radius 1 is 1.40 bits per heavy atom. The summed E-state index contributed by atoms with van der Waals surface area (Å²) in [6, 6.07) is 5.49. The molecule has 0 radical (unpaired) electrons. The van der Waals surface area contributed by atoms with Crippen molar-refractivity contribution in [2.24, 2.45) is 0 Å². The van der Waals surface area contributed by atoms with Gasteiger partial charge in [0, 0.05) is 12.7 Å². The van der Waals surface area contributed by atoms with Crippen molar-refractivity contribution >= 4 is 23.2 Å². The molecule has 2 aromatic rings. The van der Waals surface area contributed by atoms with Crippen LogP contribution in [0.1, 0.15) is 21.8 Å². The number of amides is 1. The van der Waals surface area contributed by atoms with Crippen molar-refractivity contribution in [3.8, 4) is 10.7 Å². The molecule has 0 saturated carbocycles. The molecule has 0 saturated heterocycles. The molecule has 7 heteroatoms. The first-order chi connectivity index (χ1) is 9.58. The fourth-order valence-corrected chi connectivity index (χ4v) is 2.53. The number of rotatable bonds is 5. The van der Waals surface area contributed by atoms with Gasteiger partial charge >= 0.3 is 5.97 Å². The van der Waals surface area contributed by atoms with Crippen LogP contribution in [0.15, 0.2) is 24.4 Å². The van der Waals surface area contributed by atoms with Crippen molar-refractivity contribution in [2.45, 2.75) is 13.3 Å². The number of carboxylic acid groups (broad SMARTS) is 1. The molecule has 104 valence electrons. The molecule has 2 heterocycles. The molecule has 2 rings (SSSR count). The molecular formula is C13H13N3O3S. The van der Waals surface area contributed by atoms with E-state index in [1.807, 2.05) is 18.2 Å². The third kappa shape index (κ3) is 3.39. The molecular weight excluding hydrogens is 278 g/mol. The molecule has 0 bridgehead atoms. The quantitative estimate of drug-likeness (QED) is 0.875. The number of aliphatic carboxylic acids is 1. The predicted octanol–water partition coefficient (Wildman–Crippen LogP) is 1.72. The van der Waals surface area contributed by atoms with E-state index in [1.165, 1.54) is 11.3 Å². The first-order valence-electron chi connectivity index (χ1n) is 5.96. The van der Waals surface area contributed by atoms with Crippen LogP contribution in [-0.4, -0.2) is 33.5 Å². The highest BCUT2D eigenvalue weighted by Gasteiger charge is 2.16. The van der Waals surface area contributed by atoms with Gasteiger partial charge in [-0.05, 0) is 19.1 Å². The molecule has 0 aliphatic heterocycles. The van der Waals surface area contributed by atoms with E-state index in [-0.39, 0.29) is 18.9 Å². The normalized spacial score (nSPS) is 10.2. The van der Waals surface area contributed by atoms with Crippen LogP contribution in [0.5, 0.6) is 0 Å². The maximum atomic E-state index is 11.9. The van der Waals surface area contributed by atoms with E-state index in [4.69, 9.17) is 5.11 Å². The van der Waals surface area contributed by atoms with Crippen LogP contribution < -0.4 is 5.32 Å². The summed E-state index contributed by atoms with van der Waals surface area (Å²) < 4.78 is 0. The first-order valence-corrected chi connectivity index (χ1v) is 6.78. The summed E-state index contributed by atoms with van der Waals surface area (Å²) in [5.74, 6) is -1.25. The topological polar surface area (TPSA) is 92.2 Å². The Morgan fingerprint density at radius 3 is 2.85 bits per heavy atom. The van der Waals surface area contributed by atoms with Crippen molar-refractivity contribution in [1.82, 2.24) is 15.3 Å². The molecule has 0 aromatic carbocycles. The zero-order chi connectivity index (χ0) is 14.5. The summed E-state index contributed by atoms with van der Waals surface area (Å²) in [4.78, 5) is 31.3. The molecule has 0 aliphatic carbocycles. The number of carboxylic acids is 1. The second kappa shape index (κ2) is 6.25. The smallest absolute Gasteiger partial charge is 0.305 e. The van der Waals surface area contributed by atoms with E-state index in [0.29, 0.717) is 21.3 Å². The van der Waals surface area contributed by atoms with Crippen LogP contribution in [0.4, 0.5) is 0 Å². The van der Waals surface area contributed by atoms with Gasteiger partial charge in [-0.2, -0.15) is 0 Å². The van der Waals surface area contributed by atoms with Gasteiger partial charge in [-0.1, -0.05) is 6.07 Å². The zero-order valence-corrected chi connectivity index (χ0v) is 11.6. The predicted molar refractivity (Wildman–Crippen MR) is 74.7 cm³/mol. The van der Waals surface area contributed by atoms with Crippen molar-refractivity contribution in [3.05, 3.63) is 35.0 Å². The lowest BCUT2D eigenvalue weighted by Gasteiger charge is -2.00. The molecule has 0 spiro atoms. The fourth-order valence-electron chi connectivity index (χ4n) is 1.57. The Morgan fingerprint density at radius 2 is 2.20 bits per heavy atom. The SMILES string of the molecule is Cc1nc(-c2ccccn2)sc1C(=O)NCCC(=O)O. The number of pyridine rings is 1. The highest BCUT2D eigenvalue weighted by atomic mass is 32.1. The van der Waals surface area contributed by atoms with Crippen molar-refractivity contribution in [2.75, 3.05) is 6.54 Å². The molecule has 0 unspecified atom stereocenters. The van der Waals surface area contributed by atoms with Crippen LogP contribution in [-0.2, 0) is 4.79 Å². The van der Waals surface area contributed by atoms with Gasteiger partial charge in [0.25, 0.3) is 5.91 Å². The second-order valence-electron chi connectivity index (χ2n) is 4.05. The standard InChI is InChI=1S/C13H13N3O3S/c1-8-11(12(19)15-7-5-10(17)18)20-13(16-8)9-4-2-3-6-14-9/h2-4,6H,5,7H2,1H3,(H,15,19)(H,17,18). The molecule has 0 fully saturated rings. The van der Waals surface area contributed by atoms with E-state index in [1.54, 1.807) is 13.1 Å². The molecule has 1 amide bonds. The van der Waals surface area contributed by atoms with Crippen molar-refractivity contribution < 1.29 is 14.7 Å². The van der Waals surface area contributed by atoms with Crippen LogP contribution in [0, 0.1) is 6.92 Å². The molecule has 6 nitrogen and oxygen atoms in total. The minimum absolute atomic E-state index is 0.101. The van der Waals surface area contributed by atoms with Crippen LogP contribution in [0.25, 0.3) is 10.7 Å². The lowest BCUT2D eigenvalue weighted by atomic mass is 10.3. The van der Waals surface area contributed by atoms with E-state index in [0.717, 1.165) is 0 Å². The van der Waals surface area contributed by atoms with Gasteiger partial charge in [0.15, 0.2) is 0 Å². The number of carbonyl (C=O) groups is 2. The Balaban J connectivity index is 2.11. The highest BCUT2D eigenvalue weighted by molar-refractivity contribution is 7.17. The molecule has 2 N–H and O–H groups in total. The maximum Gasteiger partial charge on any atom is 0.305 e. The molecule has 0 aliphatic rings. The number of hydrogen-bond acceptors (Lipinski definition) is 5. The van der Waals surface area contributed by atoms with Gasteiger partial charge in [0.05, 0.1) is 17.8 Å². The average Bonchev–Trinajstić information content (AvgIpc) is 2.81. The monoisotopic (exact) mass is 291 g/mol. The van der Waals surface area contributed by atoms with Gasteiger partial charge in [-0.15, -0.1) is 11.3 Å². The summed E-state index contributed by atoms with van der Waals surface area (Å²) >= 11 is 1.25. The third-order valence-electron chi connectivity index (χ3n) is 2.51. The number of hydrogen-bond donors (Lipinski definition) is 2. The summed E-state index contributed by atoms with van der Waals surface area (Å²) in [7, 11) is 0. The van der Waals surface area contributed by atoms with E-state index >= 15 is 0 Å². The summed E-state index contributed by atoms with van der Waals surface area (Å²) in [6.07, 6.45) is 1.56. The minimum atomic E-state index is -0.944. The second-order valence-corrected chi connectivity index (χ2v) is 5.05. The van der Waals surface area contributed by atoms with E-state index in [9.17, 15) is 9.59 Å². The van der Waals surface area contributed by atoms with Crippen LogP contribution >= 0.6 is 11.3 Å². The number of thiazole rings is 1. The maximum absolute atomic E-state index is 11.9. The molecule has 2 aromatic heterocycles. The minimum Gasteiger partial charge on any atom is -0.481 e. The Hall–Kier alpha value is -2.28. The molecule has 20 heavy (non-hydrogen) atoms. The number of aryl methyl sites for hydroxylation is 1. The van der Waals surface area contributed by atoms with Gasteiger partial charge in [-0.3, -0.25) is 14.6 Å². The highest BCUT2D eigenvalue weighted by Crippen LogP contribution is 2.26. The summed E-state index contributed by atoms with van der Waals surface area (Å²) in [5, 5.41) is 11.8. The number of nitrogens with zero attached hydrogens (tertiary/aromatic N) is 2. The van der Waals surface area contributed by atoms with Crippen LogP contribution in [0.3, 0.4) is 0 Å². The summed E-state index contributed by atoms with van der Waals surface area (Å²) in [6.45, 7) is 1.85. The largest absolute Gasteiger partial charge is 0.481 e. The van der Waals surface area contributed by atoms with Gasteiger partial charge in [0.1, 0.15) is 9.88 Å². The average molecular weight is 291 g/mol. The van der Waals surface area contributed by atoms with Crippen LogP contribution in [0.2, 0.25) is 0 Å². The lowest BCUT2D eigenvalue weighted by Crippen LogP contribution is -2.25.